The van der Waals surface area contributed by atoms with Crippen LogP contribution in [0.4, 0.5) is 11.5 Å². The van der Waals surface area contributed by atoms with Gasteiger partial charge in [-0.3, -0.25) is 0 Å². The number of methoxy groups -OCH3 is 1. The molecule has 1 fully saturated rings. The lowest BCUT2D eigenvalue weighted by Gasteiger charge is -2.35. The van der Waals surface area contributed by atoms with Crippen LogP contribution < -0.4 is 15.0 Å². The Morgan fingerprint density at radius 3 is 2.81 bits per heavy atom. The van der Waals surface area contributed by atoms with Crippen LogP contribution in [0, 0.1) is 17.2 Å². The Morgan fingerprint density at radius 2 is 2.19 bits per heavy atom. The molecule has 1 aromatic carbocycles. The van der Waals surface area contributed by atoms with Gasteiger partial charge in [-0.05, 0) is 40.0 Å². The minimum Gasteiger partial charge on any atom is -0.497 e. The minimum atomic E-state index is -0.699. The summed E-state index contributed by atoms with van der Waals surface area (Å²) in [7, 11) is 1.64. The van der Waals surface area contributed by atoms with E-state index in [2.05, 4.69) is 32.3 Å². The summed E-state index contributed by atoms with van der Waals surface area (Å²) in [5.41, 5.74) is 1.85. The van der Waals surface area contributed by atoms with E-state index in [0.717, 1.165) is 21.5 Å². The fraction of sp³-hybridized carbons (Fsp3) is 0.368. The monoisotopic (exact) mass is 450 g/mol. The third-order valence-electron chi connectivity index (χ3n) is 4.63. The fourth-order valence-electron chi connectivity index (χ4n) is 3.08. The summed E-state index contributed by atoms with van der Waals surface area (Å²) in [5.74, 6) is 1.04. The second-order valence-corrected chi connectivity index (χ2v) is 7.59. The van der Waals surface area contributed by atoms with Crippen molar-refractivity contribution in [1.82, 2.24) is 4.98 Å². The smallest absolute Gasteiger partial charge is 0.147 e. The van der Waals surface area contributed by atoms with Gasteiger partial charge in [0.25, 0.3) is 0 Å². The van der Waals surface area contributed by atoms with Crippen molar-refractivity contribution < 1.29 is 9.84 Å². The van der Waals surface area contributed by atoms with Crippen molar-refractivity contribution in [2.75, 3.05) is 30.4 Å². The number of ether oxygens (including phenoxy) is 1. The highest BCUT2D eigenvalue weighted by Crippen LogP contribution is 2.39. The Hall–Kier alpha value is -2.01. The number of pyridine rings is 1. The predicted octanol–water partition coefficient (Wildman–Crippen LogP) is 3.83. The second kappa shape index (κ2) is 8.79. The van der Waals surface area contributed by atoms with Crippen molar-refractivity contribution >= 4 is 39.0 Å². The molecule has 2 aromatic rings. The first-order valence-corrected chi connectivity index (χ1v) is 9.74. The molecule has 0 spiro atoms. The van der Waals surface area contributed by atoms with E-state index >= 15 is 0 Å². The van der Waals surface area contributed by atoms with Crippen LogP contribution in [0.15, 0.2) is 34.9 Å². The van der Waals surface area contributed by atoms with E-state index in [1.807, 2.05) is 29.2 Å². The summed E-state index contributed by atoms with van der Waals surface area (Å²) in [6, 6.07) is 9.91. The molecule has 1 aromatic heterocycles. The number of hydrogen-bond acceptors (Lipinski definition) is 6. The third kappa shape index (κ3) is 4.46. The number of piperidine rings is 1. The van der Waals surface area contributed by atoms with E-state index in [9.17, 15) is 5.11 Å². The summed E-state index contributed by atoms with van der Waals surface area (Å²) < 4.78 is 5.92. The molecular weight excluding hydrogens is 432 g/mol. The number of aliphatic hydroxyl groups is 1. The van der Waals surface area contributed by atoms with Crippen LogP contribution in [0.25, 0.3) is 0 Å². The molecule has 2 N–H and O–H groups in total. The molecule has 2 heterocycles. The molecule has 6 nitrogen and oxygen atoms in total. The third-order valence-corrected chi connectivity index (χ3v) is 5.57. The van der Waals surface area contributed by atoms with Gasteiger partial charge in [0.15, 0.2) is 0 Å². The van der Waals surface area contributed by atoms with E-state index in [-0.39, 0.29) is 5.92 Å². The molecule has 0 unspecified atom stereocenters. The van der Waals surface area contributed by atoms with Crippen LogP contribution in [-0.2, 0) is 6.54 Å². The molecule has 8 heteroatoms. The average molecular weight is 452 g/mol. The Bertz CT molecular complexity index is 841. The standard InChI is InChI=1S/C19H20BrClN4O2/c1-27-14-4-2-12(3-5-14)9-23-19-17(21)18(15(20)10-24-19)25-7-6-13(8-22)16(26)11-25/h2-5,10,13,16,26H,6-7,9,11H2,1H3,(H,23,24)/t13-,16+/m1/s1. The number of rotatable bonds is 5. The highest BCUT2D eigenvalue weighted by Gasteiger charge is 2.30. The number of halogens is 2. The number of benzene rings is 1. The number of nitrogens with zero attached hydrogens (tertiary/aromatic N) is 3. The zero-order valence-corrected chi connectivity index (χ0v) is 17.2. The maximum absolute atomic E-state index is 10.2. The first-order valence-electron chi connectivity index (χ1n) is 8.57. The number of nitriles is 1. The minimum absolute atomic E-state index is 0.340. The lowest BCUT2D eigenvalue weighted by Crippen LogP contribution is -2.43. The Labute approximate surface area is 171 Å². The molecule has 2 atom stereocenters. The van der Waals surface area contributed by atoms with Gasteiger partial charge >= 0.3 is 0 Å². The van der Waals surface area contributed by atoms with Gasteiger partial charge in [-0.1, -0.05) is 23.7 Å². The first kappa shape index (κ1) is 19.7. The van der Waals surface area contributed by atoms with Crippen LogP contribution >= 0.6 is 27.5 Å². The highest BCUT2D eigenvalue weighted by atomic mass is 79.9. The molecule has 1 saturated heterocycles. The molecule has 0 aliphatic carbocycles. The van der Waals surface area contributed by atoms with Crippen molar-refractivity contribution in [1.29, 1.82) is 5.26 Å². The summed E-state index contributed by atoms with van der Waals surface area (Å²) in [6.07, 6.45) is 1.59. The topological polar surface area (TPSA) is 81.4 Å². The molecule has 142 valence electrons. The van der Waals surface area contributed by atoms with E-state index in [4.69, 9.17) is 21.6 Å². The van der Waals surface area contributed by atoms with Crippen molar-refractivity contribution in [3.05, 3.63) is 45.5 Å². The Balaban J connectivity index is 1.76. The lowest BCUT2D eigenvalue weighted by atomic mass is 9.95. The van der Waals surface area contributed by atoms with Crippen LogP contribution in [0.3, 0.4) is 0 Å². The van der Waals surface area contributed by atoms with Crippen LogP contribution in [0.1, 0.15) is 12.0 Å². The van der Waals surface area contributed by atoms with Gasteiger partial charge in [0.1, 0.15) is 16.6 Å². The van der Waals surface area contributed by atoms with Crippen LogP contribution in [0.5, 0.6) is 5.75 Å². The van der Waals surface area contributed by atoms with Crippen molar-refractivity contribution in [3.63, 3.8) is 0 Å². The number of aromatic nitrogens is 1. The molecule has 27 heavy (non-hydrogen) atoms. The zero-order valence-electron chi connectivity index (χ0n) is 14.8. The van der Waals surface area contributed by atoms with Crippen molar-refractivity contribution in [3.8, 4) is 11.8 Å². The summed E-state index contributed by atoms with van der Waals surface area (Å²) in [6.45, 7) is 1.57. The SMILES string of the molecule is COc1ccc(CNc2ncc(Br)c(N3CC[C@H](C#N)[C@@H](O)C3)c2Cl)cc1. The zero-order chi connectivity index (χ0) is 19.4. The van der Waals surface area contributed by atoms with Gasteiger partial charge in [-0.2, -0.15) is 5.26 Å². The van der Waals surface area contributed by atoms with Gasteiger partial charge in [0.05, 0.1) is 35.4 Å². The summed E-state index contributed by atoms with van der Waals surface area (Å²) >= 11 is 10.1. The molecular formula is C19H20BrClN4O2. The van der Waals surface area contributed by atoms with Crippen LogP contribution in [-0.4, -0.2) is 36.4 Å². The molecule has 0 radical (unpaired) electrons. The number of anilines is 2. The molecule has 3 rings (SSSR count). The van der Waals surface area contributed by atoms with E-state index in [1.165, 1.54) is 0 Å². The van der Waals surface area contributed by atoms with E-state index < -0.39 is 6.10 Å². The average Bonchev–Trinajstić information content (AvgIpc) is 2.68. The molecule has 0 amide bonds. The van der Waals surface area contributed by atoms with Gasteiger partial charge in [-0.15, -0.1) is 0 Å². The normalized spacial score (nSPS) is 19.4. The number of hydrogen-bond donors (Lipinski definition) is 2. The molecule has 1 aliphatic rings. The number of aliphatic hydroxyl groups excluding tert-OH is 1. The second-order valence-electron chi connectivity index (χ2n) is 6.36. The van der Waals surface area contributed by atoms with E-state index in [1.54, 1.807) is 13.3 Å². The number of nitrogens with one attached hydrogen (secondary N) is 1. The lowest BCUT2D eigenvalue weighted by molar-refractivity contribution is 0.120. The van der Waals surface area contributed by atoms with Gasteiger partial charge in [-0.25, -0.2) is 4.98 Å². The predicted molar refractivity (Wildman–Crippen MR) is 109 cm³/mol. The van der Waals surface area contributed by atoms with Gasteiger partial charge in [0, 0.05) is 25.8 Å². The van der Waals surface area contributed by atoms with Gasteiger partial charge in [0.2, 0.25) is 0 Å². The summed E-state index contributed by atoms with van der Waals surface area (Å²) in [5, 5.41) is 23.0. The highest BCUT2D eigenvalue weighted by molar-refractivity contribution is 9.10. The largest absolute Gasteiger partial charge is 0.497 e. The Morgan fingerprint density at radius 1 is 1.44 bits per heavy atom. The quantitative estimate of drug-likeness (QED) is 0.719. The maximum Gasteiger partial charge on any atom is 0.147 e. The van der Waals surface area contributed by atoms with Crippen molar-refractivity contribution in [2.45, 2.75) is 19.1 Å². The number of β-amino-alcohol motifs (C(OH)–C–C–N with tert-alkyl or cyclic N) is 1. The summed E-state index contributed by atoms with van der Waals surface area (Å²) in [4.78, 5) is 6.37. The van der Waals surface area contributed by atoms with Gasteiger partial charge < -0.3 is 20.1 Å². The molecule has 0 saturated carbocycles. The first-order chi connectivity index (χ1) is 13.0. The Kier molecular flexibility index (Phi) is 6.42. The fourth-order valence-corrected chi connectivity index (χ4v) is 4.09. The van der Waals surface area contributed by atoms with Crippen LogP contribution in [0.2, 0.25) is 5.02 Å². The van der Waals surface area contributed by atoms with Crippen molar-refractivity contribution in [2.24, 2.45) is 5.92 Å². The molecule has 0 bridgehead atoms. The maximum atomic E-state index is 10.2. The van der Waals surface area contributed by atoms with E-state index in [0.29, 0.717) is 36.9 Å². The molecule has 1 aliphatic heterocycles.